The fourth-order valence-electron chi connectivity index (χ4n) is 14.4. The van der Waals surface area contributed by atoms with E-state index in [0.717, 1.165) is 82.9 Å². The lowest BCUT2D eigenvalue weighted by Crippen LogP contribution is -2.42. The Morgan fingerprint density at radius 1 is 0.250 bits per heavy atom. The average molecular weight is 599 g/mol. The van der Waals surface area contributed by atoms with E-state index in [0.29, 0.717) is 0 Å². The zero-order valence-corrected chi connectivity index (χ0v) is 28.8. The molecule has 8 rings (SSSR count). The van der Waals surface area contributed by atoms with E-state index in [-0.39, 0.29) is 0 Å². The SMILES string of the molecule is C(=C\C1CC2CCCCC2C2CCCCC12)/C1CCC(C2CCC(/C=C/C3CC4CCCCC4C4CCCCC34)CC2)CC1. The molecule has 0 radical (unpaired) electrons. The number of hydrogen-bond acceptors (Lipinski definition) is 0. The first kappa shape index (κ1) is 30.8. The molecule has 0 heterocycles. The highest BCUT2D eigenvalue weighted by Gasteiger charge is 2.46. The minimum absolute atomic E-state index is 0.902. The predicted molar refractivity (Wildman–Crippen MR) is 187 cm³/mol. The van der Waals surface area contributed by atoms with E-state index in [9.17, 15) is 0 Å². The lowest BCUT2D eigenvalue weighted by Gasteiger charge is -2.51. The second kappa shape index (κ2) is 14.3. The first-order valence-electron chi connectivity index (χ1n) is 21.2. The summed E-state index contributed by atoms with van der Waals surface area (Å²) in [6, 6.07) is 0. The molecule has 0 aliphatic heterocycles. The van der Waals surface area contributed by atoms with Crippen LogP contribution in [-0.2, 0) is 0 Å². The maximum atomic E-state index is 2.83. The van der Waals surface area contributed by atoms with Crippen LogP contribution in [0.3, 0.4) is 0 Å². The molecule has 0 N–H and O–H groups in total. The second-order valence-electron chi connectivity index (χ2n) is 18.6. The Morgan fingerprint density at radius 2 is 0.591 bits per heavy atom. The molecule has 0 saturated heterocycles. The summed E-state index contributed by atoms with van der Waals surface area (Å²) in [5.41, 5.74) is 0. The fraction of sp³-hybridized carbons (Fsp3) is 0.909. The largest absolute Gasteiger partial charge is 0.0851 e. The van der Waals surface area contributed by atoms with Crippen molar-refractivity contribution in [3.8, 4) is 0 Å². The Morgan fingerprint density at radius 3 is 1.00 bits per heavy atom. The molecule has 0 spiro atoms. The van der Waals surface area contributed by atoms with Crippen LogP contribution >= 0.6 is 0 Å². The van der Waals surface area contributed by atoms with Crippen molar-refractivity contribution in [1.29, 1.82) is 0 Å². The summed E-state index contributed by atoms with van der Waals surface area (Å²) in [7, 11) is 0. The van der Waals surface area contributed by atoms with Crippen LogP contribution in [-0.4, -0.2) is 0 Å². The molecule has 0 aromatic rings. The molecule has 10 atom stereocenters. The second-order valence-corrected chi connectivity index (χ2v) is 18.6. The predicted octanol–water partition coefficient (Wildman–Crippen LogP) is 13.0. The molecular weight excluding hydrogens is 528 g/mol. The van der Waals surface area contributed by atoms with Crippen LogP contribution in [0.25, 0.3) is 0 Å². The molecule has 0 aromatic carbocycles. The number of allylic oxidation sites excluding steroid dienone is 4. The summed E-state index contributed by atoms with van der Waals surface area (Å²) in [4.78, 5) is 0. The van der Waals surface area contributed by atoms with Crippen LogP contribution < -0.4 is 0 Å². The van der Waals surface area contributed by atoms with Crippen molar-refractivity contribution in [2.45, 2.75) is 167 Å². The molecule has 0 amide bonds. The third-order valence-corrected chi connectivity index (χ3v) is 16.6. The van der Waals surface area contributed by atoms with Crippen LogP contribution in [0, 0.1) is 82.9 Å². The van der Waals surface area contributed by atoms with Gasteiger partial charge in [-0.15, -0.1) is 0 Å². The normalized spacial score (nSPS) is 50.0. The highest BCUT2D eigenvalue weighted by Crippen LogP contribution is 2.56. The van der Waals surface area contributed by atoms with Gasteiger partial charge in [-0.05, 0) is 186 Å². The van der Waals surface area contributed by atoms with Crippen molar-refractivity contribution < 1.29 is 0 Å². The van der Waals surface area contributed by atoms with Crippen LogP contribution in [0.2, 0.25) is 0 Å². The first-order valence-corrected chi connectivity index (χ1v) is 21.2. The molecule has 8 fully saturated rings. The fourth-order valence-corrected chi connectivity index (χ4v) is 14.4. The monoisotopic (exact) mass is 599 g/mol. The van der Waals surface area contributed by atoms with Crippen LogP contribution in [0.5, 0.6) is 0 Å². The topological polar surface area (TPSA) is 0 Å². The molecule has 0 bridgehead atoms. The van der Waals surface area contributed by atoms with Gasteiger partial charge in [-0.3, -0.25) is 0 Å². The number of hydrogen-bond donors (Lipinski definition) is 0. The minimum atomic E-state index is 0.902. The maximum Gasteiger partial charge on any atom is -0.0200 e. The lowest BCUT2D eigenvalue weighted by atomic mass is 9.54. The van der Waals surface area contributed by atoms with Crippen molar-refractivity contribution >= 4 is 0 Å². The molecule has 44 heavy (non-hydrogen) atoms. The van der Waals surface area contributed by atoms with Gasteiger partial charge < -0.3 is 0 Å². The van der Waals surface area contributed by atoms with Gasteiger partial charge in [0.2, 0.25) is 0 Å². The summed E-state index contributed by atoms with van der Waals surface area (Å²) in [6.45, 7) is 0. The van der Waals surface area contributed by atoms with Gasteiger partial charge in [-0.2, -0.15) is 0 Å². The Bertz CT molecular complexity index is 879. The van der Waals surface area contributed by atoms with Gasteiger partial charge in [0.15, 0.2) is 0 Å². The molecule has 8 saturated carbocycles. The molecular formula is C44H70. The van der Waals surface area contributed by atoms with Crippen molar-refractivity contribution in [3.63, 3.8) is 0 Å². The molecule has 246 valence electrons. The molecule has 8 aliphatic carbocycles. The van der Waals surface area contributed by atoms with Gasteiger partial charge in [0, 0.05) is 0 Å². The quantitative estimate of drug-likeness (QED) is 0.276. The van der Waals surface area contributed by atoms with Crippen LogP contribution in [0.4, 0.5) is 0 Å². The smallest absolute Gasteiger partial charge is 0.0200 e. The van der Waals surface area contributed by atoms with E-state index in [2.05, 4.69) is 24.3 Å². The van der Waals surface area contributed by atoms with Crippen molar-refractivity contribution in [2.24, 2.45) is 82.9 Å². The van der Waals surface area contributed by atoms with Crippen molar-refractivity contribution in [2.75, 3.05) is 0 Å². The van der Waals surface area contributed by atoms with Crippen molar-refractivity contribution in [3.05, 3.63) is 24.3 Å². The van der Waals surface area contributed by atoms with Crippen LogP contribution in [0.1, 0.15) is 167 Å². The van der Waals surface area contributed by atoms with Gasteiger partial charge in [-0.1, -0.05) is 88.5 Å². The van der Waals surface area contributed by atoms with E-state index in [1.54, 1.807) is 64.2 Å². The summed E-state index contributed by atoms with van der Waals surface area (Å²) >= 11 is 0. The maximum absolute atomic E-state index is 2.83. The highest BCUT2D eigenvalue weighted by atomic mass is 14.5. The van der Waals surface area contributed by atoms with Crippen LogP contribution in [0.15, 0.2) is 24.3 Å². The zero-order valence-electron chi connectivity index (χ0n) is 28.8. The third kappa shape index (κ3) is 6.60. The van der Waals surface area contributed by atoms with E-state index in [1.165, 1.54) is 103 Å². The van der Waals surface area contributed by atoms with Crippen molar-refractivity contribution in [1.82, 2.24) is 0 Å². The standard InChI is InChI=1S/C44H70/c1-3-11-39-35(9-1)29-37(41-13-5-7-15-43(39)41)27-21-31-17-23-33(24-18-31)34-25-19-32(20-26-34)22-28-38-30-36-10-2-4-12-40(36)44-16-8-6-14-42(38)44/h21-22,27-28,31-44H,1-20,23-26,29-30H2/b27-21+,28-22+. The Balaban J connectivity index is 0.798. The van der Waals surface area contributed by atoms with E-state index in [1.807, 2.05) is 0 Å². The molecule has 0 aromatic heterocycles. The van der Waals surface area contributed by atoms with Gasteiger partial charge in [0.05, 0.1) is 0 Å². The Kier molecular flexibility index (Phi) is 10.0. The Hall–Kier alpha value is -0.520. The first-order chi connectivity index (χ1) is 21.8. The number of rotatable bonds is 5. The van der Waals surface area contributed by atoms with E-state index >= 15 is 0 Å². The summed E-state index contributed by atoms with van der Waals surface area (Å²) < 4.78 is 0. The van der Waals surface area contributed by atoms with Gasteiger partial charge in [0.1, 0.15) is 0 Å². The van der Waals surface area contributed by atoms with Gasteiger partial charge in [0.25, 0.3) is 0 Å². The summed E-state index contributed by atoms with van der Waals surface area (Å²) in [5.74, 6) is 14.4. The van der Waals surface area contributed by atoms with E-state index in [4.69, 9.17) is 0 Å². The van der Waals surface area contributed by atoms with Gasteiger partial charge >= 0.3 is 0 Å². The molecule has 0 heteroatoms. The van der Waals surface area contributed by atoms with E-state index < -0.39 is 0 Å². The number of fused-ring (bicyclic) bond motifs is 6. The summed E-state index contributed by atoms with van der Waals surface area (Å²) in [6.07, 6.45) is 51.2. The third-order valence-electron chi connectivity index (χ3n) is 16.6. The highest BCUT2D eigenvalue weighted by molar-refractivity contribution is 5.06. The molecule has 8 aliphatic rings. The van der Waals surface area contributed by atoms with Gasteiger partial charge in [-0.25, -0.2) is 0 Å². The molecule has 10 unspecified atom stereocenters. The summed E-state index contributed by atoms with van der Waals surface area (Å²) in [5, 5.41) is 0. The molecule has 0 nitrogen and oxygen atoms in total. The lowest BCUT2D eigenvalue weighted by molar-refractivity contribution is 0.000961. The Labute approximate surface area is 273 Å². The minimum Gasteiger partial charge on any atom is -0.0851 e. The average Bonchev–Trinajstić information content (AvgIpc) is 3.10. The zero-order chi connectivity index (χ0) is 29.3.